The van der Waals surface area contributed by atoms with E-state index in [1.54, 1.807) is 10.8 Å². The summed E-state index contributed by atoms with van der Waals surface area (Å²) in [5.41, 5.74) is 4.90. The Kier molecular flexibility index (Phi) is 4.42. The number of nitrogens with one attached hydrogen (secondary N) is 1. The Balaban J connectivity index is 1.45. The summed E-state index contributed by atoms with van der Waals surface area (Å²) in [6, 6.07) is 8.07. The highest BCUT2D eigenvalue weighted by Crippen LogP contribution is 2.32. The van der Waals surface area contributed by atoms with Crippen LogP contribution in [-0.4, -0.2) is 52.3 Å². The maximum atomic E-state index is 12.5. The summed E-state index contributed by atoms with van der Waals surface area (Å²) in [4.78, 5) is 16.6. The molecule has 5 rings (SSSR count). The molecular formula is C20H20N4O4. The number of aromatic amines is 1. The molecule has 2 aliphatic heterocycles. The fourth-order valence-electron chi connectivity index (χ4n) is 3.68. The van der Waals surface area contributed by atoms with Gasteiger partial charge in [-0.1, -0.05) is 18.2 Å². The molecule has 1 atom stereocenters. The minimum Gasteiger partial charge on any atom is -0.475 e. The van der Waals surface area contributed by atoms with Crippen LogP contribution in [0.1, 0.15) is 5.56 Å². The van der Waals surface area contributed by atoms with Crippen molar-refractivity contribution in [1.29, 1.82) is 0 Å². The second-order valence-electron chi connectivity index (χ2n) is 6.90. The van der Waals surface area contributed by atoms with Gasteiger partial charge in [0.15, 0.2) is 0 Å². The van der Waals surface area contributed by atoms with Gasteiger partial charge in [-0.05, 0) is 17.5 Å². The molecule has 28 heavy (non-hydrogen) atoms. The molecule has 4 heterocycles. The van der Waals surface area contributed by atoms with Crippen LogP contribution in [0.3, 0.4) is 0 Å². The average Bonchev–Trinajstić information content (AvgIpc) is 3.27. The van der Waals surface area contributed by atoms with Crippen LogP contribution in [0.2, 0.25) is 0 Å². The molecule has 3 aromatic rings. The molecule has 1 N–H and O–H groups in total. The van der Waals surface area contributed by atoms with Crippen molar-refractivity contribution in [2.24, 2.45) is 0 Å². The first-order valence-corrected chi connectivity index (χ1v) is 9.34. The van der Waals surface area contributed by atoms with Crippen LogP contribution in [0.4, 0.5) is 0 Å². The van der Waals surface area contributed by atoms with Crippen LogP contribution in [0.15, 0.2) is 41.5 Å². The van der Waals surface area contributed by atoms with Gasteiger partial charge in [0.05, 0.1) is 31.7 Å². The van der Waals surface area contributed by atoms with Crippen molar-refractivity contribution in [3.63, 3.8) is 0 Å². The predicted molar refractivity (Wildman–Crippen MR) is 101 cm³/mol. The van der Waals surface area contributed by atoms with Crippen LogP contribution < -0.4 is 10.4 Å². The summed E-state index contributed by atoms with van der Waals surface area (Å²) in [5.74, 6) is 0.317. The van der Waals surface area contributed by atoms with Crippen LogP contribution in [0.5, 0.6) is 5.88 Å². The largest absolute Gasteiger partial charge is 0.475 e. The Labute approximate surface area is 161 Å². The van der Waals surface area contributed by atoms with Crippen molar-refractivity contribution in [3.8, 4) is 28.3 Å². The lowest BCUT2D eigenvalue weighted by molar-refractivity contribution is -0.102. The van der Waals surface area contributed by atoms with Crippen molar-refractivity contribution in [1.82, 2.24) is 19.7 Å². The third-order valence-corrected chi connectivity index (χ3v) is 5.11. The first-order chi connectivity index (χ1) is 13.8. The number of nitrogens with zero attached hydrogens (tertiary/aromatic N) is 3. The molecule has 8 nitrogen and oxygen atoms in total. The molecular weight excluding hydrogens is 360 g/mol. The number of hydrogen-bond acceptors (Lipinski definition) is 6. The molecule has 0 saturated carbocycles. The van der Waals surface area contributed by atoms with E-state index < -0.39 is 0 Å². The molecule has 0 spiro atoms. The van der Waals surface area contributed by atoms with E-state index in [4.69, 9.17) is 14.2 Å². The highest BCUT2D eigenvalue weighted by molar-refractivity contribution is 5.73. The SMILES string of the molecule is O=c1nc(OCC2COCCO2)cc2n1CCc1cc(-c3cn[nH]c3)ccc1-2. The maximum Gasteiger partial charge on any atom is 0.351 e. The lowest BCUT2D eigenvalue weighted by Crippen LogP contribution is -2.34. The summed E-state index contributed by atoms with van der Waals surface area (Å²) in [6.07, 6.45) is 4.31. The number of H-pyrrole nitrogens is 1. The Bertz CT molecular complexity index is 1040. The third kappa shape index (κ3) is 3.21. The van der Waals surface area contributed by atoms with Crippen molar-refractivity contribution in [3.05, 3.63) is 52.7 Å². The maximum absolute atomic E-state index is 12.5. The Morgan fingerprint density at radius 1 is 1.25 bits per heavy atom. The van der Waals surface area contributed by atoms with Crippen molar-refractivity contribution < 1.29 is 14.2 Å². The smallest absolute Gasteiger partial charge is 0.351 e. The number of fused-ring (bicyclic) bond motifs is 3. The molecule has 2 aromatic heterocycles. The van der Waals surface area contributed by atoms with Crippen molar-refractivity contribution in [2.45, 2.75) is 19.1 Å². The highest BCUT2D eigenvalue weighted by atomic mass is 16.6. The fourth-order valence-corrected chi connectivity index (χ4v) is 3.68. The number of benzene rings is 1. The summed E-state index contributed by atoms with van der Waals surface area (Å²) < 4.78 is 18.4. The summed E-state index contributed by atoms with van der Waals surface area (Å²) >= 11 is 0. The second kappa shape index (κ2) is 7.21. The van der Waals surface area contributed by atoms with E-state index in [-0.39, 0.29) is 11.8 Å². The standard InChI is InChI=1S/C20H20N4O4/c25-20-23-19(28-12-16-11-26-5-6-27-16)8-18-17-2-1-13(15-9-21-22-10-15)7-14(17)3-4-24(18)20/h1-2,7-10,16H,3-6,11-12H2,(H,21,22). The molecule has 2 aliphatic rings. The number of aromatic nitrogens is 4. The minimum absolute atomic E-state index is 0.140. The Morgan fingerprint density at radius 2 is 2.21 bits per heavy atom. The van der Waals surface area contributed by atoms with E-state index in [0.717, 1.165) is 28.8 Å². The van der Waals surface area contributed by atoms with E-state index in [2.05, 4.69) is 21.2 Å². The normalized spacial score (nSPS) is 18.4. The van der Waals surface area contributed by atoms with E-state index >= 15 is 0 Å². The Morgan fingerprint density at radius 3 is 3.04 bits per heavy atom. The zero-order valence-corrected chi connectivity index (χ0v) is 15.3. The van der Waals surface area contributed by atoms with Crippen molar-refractivity contribution in [2.75, 3.05) is 26.4 Å². The number of aryl methyl sites for hydroxylation is 1. The van der Waals surface area contributed by atoms with E-state index in [1.807, 2.05) is 24.4 Å². The summed E-state index contributed by atoms with van der Waals surface area (Å²) in [7, 11) is 0. The Hall–Kier alpha value is -2.97. The van der Waals surface area contributed by atoms with Gasteiger partial charge in [0, 0.05) is 29.9 Å². The first-order valence-electron chi connectivity index (χ1n) is 9.34. The average molecular weight is 380 g/mol. The first kappa shape index (κ1) is 17.2. The quantitative estimate of drug-likeness (QED) is 0.740. The molecule has 8 heteroatoms. The number of rotatable bonds is 4. The molecule has 0 aliphatic carbocycles. The minimum atomic E-state index is -0.294. The lowest BCUT2D eigenvalue weighted by atomic mass is 9.94. The van der Waals surface area contributed by atoms with Gasteiger partial charge in [-0.3, -0.25) is 9.67 Å². The lowest BCUT2D eigenvalue weighted by Gasteiger charge is -2.24. The van der Waals surface area contributed by atoms with E-state index in [1.165, 1.54) is 5.56 Å². The fraction of sp³-hybridized carbons (Fsp3) is 0.350. The molecule has 144 valence electrons. The van der Waals surface area contributed by atoms with Gasteiger partial charge in [-0.25, -0.2) is 4.79 Å². The van der Waals surface area contributed by atoms with Gasteiger partial charge in [0.1, 0.15) is 12.7 Å². The molecule has 1 saturated heterocycles. The predicted octanol–water partition coefficient (Wildman–Crippen LogP) is 1.65. The van der Waals surface area contributed by atoms with Crippen molar-refractivity contribution >= 4 is 0 Å². The van der Waals surface area contributed by atoms with Gasteiger partial charge in [0.2, 0.25) is 5.88 Å². The van der Waals surface area contributed by atoms with Gasteiger partial charge < -0.3 is 14.2 Å². The zero-order valence-electron chi connectivity index (χ0n) is 15.3. The summed E-state index contributed by atoms with van der Waals surface area (Å²) in [6.45, 7) is 2.56. The van der Waals surface area contributed by atoms with E-state index in [0.29, 0.717) is 38.9 Å². The molecule has 0 amide bonds. The monoisotopic (exact) mass is 380 g/mol. The van der Waals surface area contributed by atoms with Crippen LogP contribution in [0.25, 0.3) is 22.4 Å². The zero-order chi connectivity index (χ0) is 18.9. The molecule has 0 bridgehead atoms. The number of ether oxygens (including phenoxy) is 3. The molecule has 1 aromatic carbocycles. The molecule has 0 radical (unpaired) electrons. The van der Waals surface area contributed by atoms with Crippen LogP contribution in [0, 0.1) is 0 Å². The van der Waals surface area contributed by atoms with Gasteiger partial charge in [-0.2, -0.15) is 10.1 Å². The third-order valence-electron chi connectivity index (χ3n) is 5.11. The topological polar surface area (TPSA) is 91.3 Å². The highest BCUT2D eigenvalue weighted by Gasteiger charge is 2.21. The van der Waals surface area contributed by atoms with Crippen LogP contribution in [-0.2, 0) is 22.4 Å². The van der Waals surface area contributed by atoms with Crippen LogP contribution >= 0.6 is 0 Å². The molecule has 1 fully saturated rings. The number of hydrogen-bond donors (Lipinski definition) is 1. The second-order valence-corrected chi connectivity index (χ2v) is 6.90. The summed E-state index contributed by atoms with van der Waals surface area (Å²) in [5, 5.41) is 6.85. The van der Waals surface area contributed by atoms with Gasteiger partial charge >= 0.3 is 5.69 Å². The van der Waals surface area contributed by atoms with Gasteiger partial charge in [-0.15, -0.1) is 0 Å². The van der Waals surface area contributed by atoms with E-state index in [9.17, 15) is 4.79 Å². The molecule has 1 unspecified atom stereocenters. The van der Waals surface area contributed by atoms with Gasteiger partial charge in [0.25, 0.3) is 0 Å².